The summed E-state index contributed by atoms with van der Waals surface area (Å²) >= 11 is 3.20. The van der Waals surface area contributed by atoms with Crippen molar-refractivity contribution in [1.82, 2.24) is 0 Å². The molecule has 0 heterocycles. The highest BCUT2D eigenvalue weighted by molar-refractivity contribution is 8.18. The zero-order valence-corrected chi connectivity index (χ0v) is 14.1. The van der Waals surface area contributed by atoms with Gasteiger partial charge in [0, 0.05) is 15.4 Å². The lowest BCUT2D eigenvalue weighted by atomic mass is 10.1. The van der Waals surface area contributed by atoms with Gasteiger partial charge in [-0.2, -0.15) is 0 Å². The average molecular weight is 336 g/mol. The maximum Gasteiger partial charge on any atom is 0.186 e. The molecule has 0 aliphatic heterocycles. The third-order valence-corrected chi connectivity index (χ3v) is 5.77. The van der Waals surface area contributed by atoms with Gasteiger partial charge >= 0.3 is 0 Å². The Morgan fingerprint density at radius 2 is 1.00 bits per heavy atom. The quantitative estimate of drug-likeness (QED) is 0.323. The van der Waals surface area contributed by atoms with Crippen molar-refractivity contribution in [2.75, 3.05) is 0 Å². The maximum atomic E-state index is 12.9. The molecule has 0 aromatic heterocycles. The van der Waals surface area contributed by atoms with E-state index >= 15 is 0 Å². The molecule has 0 unspecified atom stereocenters. The number of ketones is 1. The van der Waals surface area contributed by atoms with E-state index < -0.39 is 0 Å². The molecule has 23 heavy (non-hydrogen) atoms. The van der Waals surface area contributed by atoms with E-state index in [4.69, 9.17) is 0 Å². The van der Waals surface area contributed by atoms with Crippen LogP contribution in [0.3, 0.4) is 0 Å². The summed E-state index contributed by atoms with van der Waals surface area (Å²) in [5.74, 6) is 0.147. The van der Waals surface area contributed by atoms with E-state index in [2.05, 4.69) is 0 Å². The van der Waals surface area contributed by atoms with Crippen molar-refractivity contribution in [3.05, 3.63) is 96.6 Å². The molecular formula is C20H16OS2. The summed E-state index contributed by atoms with van der Waals surface area (Å²) in [7, 11) is 0. The van der Waals surface area contributed by atoms with Crippen molar-refractivity contribution < 1.29 is 4.79 Å². The lowest BCUT2D eigenvalue weighted by molar-refractivity contribution is 0.101. The molecule has 3 heteroatoms. The first-order valence-electron chi connectivity index (χ1n) is 7.35. The topological polar surface area (TPSA) is 17.1 Å². The summed E-state index contributed by atoms with van der Waals surface area (Å²) in [6.07, 6.45) is 0. The first kappa shape index (κ1) is 15.9. The van der Waals surface area contributed by atoms with Crippen molar-refractivity contribution in [2.45, 2.75) is 14.4 Å². The Morgan fingerprint density at radius 3 is 1.43 bits per heavy atom. The molecule has 0 atom stereocenters. The average Bonchev–Trinajstić information content (AvgIpc) is 2.63. The number of benzene rings is 3. The van der Waals surface area contributed by atoms with Gasteiger partial charge < -0.3 is 0 Å². The highest BCUT2D eigenvalue weighted by atomic mass is 32.2. The van der Waals surface area contributed by atoms with E-state index in [-0.39, 0.29) is 10.4 Å². The van der Waals surface area contributed by atoms with Gasteiger partial charge in [0.2, 0.25) is 0 Å². The zero-order chi connectivity index (χ0) is 15.9. The zero-order valence-electron chi connectivity index (χ0n) is 12.5. The largest absolute Gasteiger partial charge is 0.292 e. The fraction of sp³-hybridized carbons (Fsp3) is 0.0500. The lowest BCUT2D eigenvalue weighted by Crippen LogP contribution is -2.13. The summed E-state index contributed by atoms with van der Waals surface area (Å²) in [5, 5.41) is 0. The van der Waals surface area contributed by atoms with Crippen LogP contribution in [0.1, 0.15) is 10.4 Å². The Labute approximate surface area is 145 Å². The van der Waals surface area contributed by atoms with Crippen molar-refractivity contribution in [3.8, 4) is 0 Å². The van der Waals surface area contributed by atoms with Crippen LogP contribution in [0, 0.1) is 0 Å². The summed E-state index contributed by atoms with van der Waals surface area (Å²) < 4.78 is -0.206. The summed E-state index contributed by atoms with van der Waals surface area (Å²) in [6.45, 7) is 0. The van der Waals surface area contributed by atoms with E-state index in [1.54, 1.807) is 23.5 Å². The molecule has 0 bridgehead atoms. The number of carbonyl (C=O) groups is 1. The first-order valence-corrected chi connectivity index (χ1v) is 9.11. The van der Waals surface area contributed by atoms with Gasteiger partial charge in [-0.3, -0.25) is 4.79 Å². The molecule has 0 fully saturated rings. The van der Waals surface area contributed by atoms with E-state index in [0.717, 1.165) is 15.4 Å². The fourth-order valence-corrected chi connectivity index (χ4v) is 4.58. The van der Waals surface area contributed by atoms with Gasteiger partial charge in [-0.15, -0.1) is 23.5 Å². The third kappa shape index (κ3) is 4.50. The summed E-state index contributed by atoms with van der Waals surface area (Å²) in [6, 6.07) is 29.7. The van der Waals surface area contributed by atoms with E-state index in [1.165, 1.54) is 0 Å². The molecule has 0 aliphatic rings. The van der Waals surface area contributed by atoms with Crippen LogP contribution in [0.15, 0.2) is 101 Å². The normalized spacial score (nSPS) is 10.7. The number of carbonyl (C=O) groups excluding carboxylic acids is 1. The van der Waals surface area contributed by atoms with Gasteiger partial charge in [-0.1, -0.05) is 66.7 Å². The molecular weight excluding hydrogens is 320 g/mol. The SMILES string of the molecule is O=C(c1ccccc1)C(Sc1ccccc1)Sc1ccccc1. The molecule has 0 radical (unpaired) electrons. The van der Waals surface area contributed by atoms with Crippen LogP contribution in [0.5, 0.6) is 0 Å². The predicted molar refractivity (Wildman–Crippen MR) is 99.2 cm³/mol. The van der Waals surface area contributed by atoms with Crippen molar-refractivity contribution >= 4 is 29.3 Å². The highest BCUT2D eigenvalue weighted by Crippen LogP contribution is 2.37. The lowest BCUT2D eigenvalue weighted by Gasteiger charge is -2.15. The van der Waals surface area contributed by atoms with Crippen molar-refractivity contribution in [3.63, 3.8) is 0 Å². The second-order valence-corrected chi connectivity index (χ2v) is 7.58. The number of rotatable bonds is 6. The number of Topliss-reactive ketones (excluding diaryl/α,β-unsaturated/α-hetero) is 1. The number of hydrogen-bond donors (Lipinski definition) is 0. The molecule has 0 N–H and O–H groups in total. The van der Waals surface area contributed by atoms with Gasteiger partial charge in [0.15, 0.2) is 5.78 Å². The van der Waals surface area contributed by atoms with Gasteiger partial charge in [-0.25, -0.2) is 0 Å². The molecule has 0 aliphatic carbocycles. The Bertz CT molecular complexity index is 701. The molecule has 3 aromatic rings. The second-order valence-electron chi connectivity index (χ2n) is 4.92. The van der Waals surface area contributed by atoms with Crippen molar-refractivity contribution in [1.29, 1.82) is 0 Å². The molecule has 3 rings (SSSR count). The van der Waals surface area contributed by atoms with Crippen molar-refractivity contribution in [2.24, 2.45) is 0 Å². The number of thioether (sulfide) groups is 2. The van der Waals surface area contributed by atoms with Crippen LogP contribution in [0.25, 0.3) is 0 Å². The number of hydrogen-bond acceptors (Lipinski definition) is 3. The minimum absolute atomic E-state index is 0.147. The highest BCUT2D eigenvalue weighted by Gasteiger charge is 2.22. The van der Waals surface area contributed by atoms with Gasteiger partial charge in [-0.05, 0) is 24.3 Å². The fourth-order valence-electron chi connectivity index (χ4n) is 2.11. The Hall–Kier alpha value is -1.97. The Morgan fingerprint density at radius 1 is 0.609 bits per heavy atom. The molecule has 0 amide bonds. The van der Waals surface area contributed by atoms with E-state index in [0.29, 0.717) is 0 Å². The first-order chi connectivity index (χ1) is 11.3. The summed E-state index contributed by atoms with van der Waals surface area (Å²) in [5.41, 5.74) is 0.754. The van der Waals surface area contributed by atoms with Crippen LogP contribution >= 0.6 is 23.5 Å². The molecule has 3 aromatic carbocycles. The monoisotopic (exact) mass is 336 g/mol. The second kappa shape index (κ2) is 8.04. The Kier molecular flexibility index (Phi) is 5.56. The molecule has 114 valence electrons. The van der Waals surface area contributed by atoms with Gasteiger partial charge in [0.1, 0.15) is 4.58 Å². The van der Waals surface area contributed by atoms with Crippen LogP contribution in [0.4, 0.5) is 0 Å². The standard InChI is InChI=1S/C20H16OS2/c21-19(16-10-4-1-5-11-16)20(22-17-12-6-2-7-13-17)23-18-14-8-3-9-15-18/h1-15,20H. The van der Waals surface area contributed by atoms with Crippen LogP contribution in [0.2, 0.25) is 0 Å². The van der Waals surface area contributed by atoms with Crippen LogP contribution < -0.4 is 0 Å². The molecule has 0 saturated heterocycles. The minimum Gasteiger partial charge on any atom is -0.292 e. The predicted octanol–water partition coefficient (Wildman–Crippen LogP) is 5.78. The van der Waals surface area contributed by atoms with E-state index in [9.17, 15) is 4.79 Å². The third-order valence-electron chi connectivity index (χ3n) is 3.25. The van der Waals surface area contributed by atoms with E-state index in [1.807, 2.05) is 91.0 Å². The minimum atomic E-state index is -0.206. The maximum absolute atomic E-state index is 12.9. The summed E-state index contributed by atoms with van der Waals surface area (Å²) in [4.78, 5) is 15.1. The van der Waals surface area contributed by atoms with Crippen LogP contribution in [-0.2, 0) is 0 Å². The molecule has 1 nitrogen and oxygen atoms in total. The molecule has 0 saturated carbocycles. The smallest absolute Gasteiger partial charge is 0.186 e. The molecule has 0 spiro atoms. The Balaban J connectivity index is 1.85. The van der Waals surface area contributed by atoms with Crippen LogP contribution in [-0.4, -0.2) is 10.4 Å². The van der Waals surface area contributed by atoms with Gasteiger partial charge in [0.05, 0.1) is 0 Å². The van der Waals surface area contributed by atoms with Gasteiger partial charge in [0.25, 0.3) is 0 Å².